The van der Waals surface area contributed by atoms with Gasteiger partial charge in [-0.2, -0.15) is 0 Å². The fraction of sp³-hybridized carbons (Fsp3) is 0.647. The van der Waals surface area contributed by atoms with Crippen LogP contribution < -0.4 is 10.5 Å². The topological polar surface area (TPSA) is 47.7 Å². The molecule has 1 saturated heterocycles. The minimum Gasteiger partial charge on any atom is -0.491 e. The smallest absolute Gasteiger partial charge is 0.120 e. The molecule has 4 nitrogen and oxygen atoms in total. The van der Waals surface area contributed by atoms with Gasteiger partial charge in [0.05, 0.1) is 12.2 Å². The van der Waals surface area contributed by atoms with Gasteiger partial charge in [-0.15, -0.1) is 0 Å². The summed E-state index contributed by atoms with van der Waals surface area (Å²) in [6, 6.07) is 8.77. The summed E-state index contributed by atoms with van der Waals surface area (Å²) in [5, 5.41) is 0. The highest BCUT2D eigenvalue weighted by Crippen LogP contribution is 2.23. The van der Waals surface area contributed by atoms with E-state index in [4.69, 9.17) is 15.2 Å². The maximum Gasteiger partial charge on any atom is 0.120 e. The maximum absolute atomic E-state index is 5.94. The van der Waals surface area contributed by atoms with Gasteiger partial charge in [-0.25, -0.2) is 0 Å². The van der Waals surface area contributed by atoms with E-state index in [0.717, 1.165) is 31.7 Å². The van der Waals surface area contributed by atoms with Crippen LogP contribution in [0.25, 0.3) is 0 Å². The molecule has 1 aliphatic heterocycles. The van der Waals surface area contributed by atoms with Gasteiger partial charge in [0.1, 0.15) is 5.75 Å². The number of nitrogens with zero attached hydrogens (tertiary/aromatic N) is 1. The number of hydrogen-bond donors (Lipinski definition) is 1. The highest BCUT2D eigenvalue weighted by Gasteiger charge is 2.27. The summed E-state index contributed by atoms with van der Waals surface area (Å²) in [6.45, 7) is 6.74. The third-order valence-electron chi connectivity index (χ3n) is 4.05. The van der Waals surface area contributed by atoms with Crippen molar-refractivity contribution in [1.82, 2.24) is 4.90 Å². The quantitative estimate of drug-likeness (QED) is 0.874. The fourth-order valence-electron chi connectivity index (χ4n) is 2.95. The third-order valence-corrected chi connectivity index (χ3v) is 4.05. The summed E-state index contributed by atoms with van der Waals surface area (Å²) in [5.74, 6) is 0.943. The van der Waals surface area contributed by atoms with E-state index in [0.29, 0.717) is 18.7 Å². The molecule has 2 N–H and O–H groups in total. The van der Waals surface area contributed by atoms with Crippen molar-refractivity contribution in [3.63, 3.8) is 0 Å². The molecular formula is C17H28N2O2. The molecule has 0 spiro atoms. The van der Waals surface area contributed by atoms with E-state index >= 15 is 0 Å². The van der Waals surface area contributed by atoms with Gasteiger partial charge in [0, 0.05) is 32.8 Å². The lowest BCUT2D eigenvalue weighted by Crippen LogP contribution is -2.47. The van der Waals surface area contributed by atoms with Crippen molar-refractivity contribution in [3.05, 3.63) is 29.8 Å². The average Bonchev–Trinajstić information content (AvgIpc) is 2.47. The largest absolute Gasteiger partial charge is 0.491 e. The summed E-state index contributed by atoms with van der Waals surface area (Å²) in [7, 11) is 1.79. The Morgan fingerprint density at radius 3 is 2.86 bits per heavy atom. The van der Waals surface area contributed by atoms with Crippen LogP contribution in [0.2, 0.25) is 0 Å². The summed E-state index contributed by atoms with van der Waals surface area (Å²) in [6.07, 6.45) is 2.66. The van der Waals surface area contributed by atoms with Crippen LogP contribution in [0.4, 0.5) is 0 Å². The maximum atomic E-state index is 5.94. The Bertz CT molecular complexity index is 437. The standard InChI is InChI=1S/C17H28N2O2/c1-13(2)21-17-6-4-5-14(9-17)12-19-8-7-16(20-3)10-15(19)11-18/h4-6,9,13,15-16H,7-8,10-12,18H2,1-3H3. The van der Waals surface area contributed by atoms with E-state index in [-0.39, 0.29) is 6.10 Å². The number of nitrogens with two attached hydrogens (primary N) is 1. The molecule has 1 aromatic carbocycles. The van der Waals surface area contributed by atoms with Crippen LogP contribution in [0.5, 0.6) is 5.75 Å². The molecule has 0 radical (unpaired) electrons. The van der Waals surface area contributed by atoms with E-state index in [1.54, 1.807) is 7.11 Å². The minimum atomic E-state index is 0.203. The molecule has 21 heavy (non-hydrogen) atoms. The van der Waals surface area contributed by atoms with Crippen molar-refractivity contribution in [2.45, 2.75) is 51.5 Å². The number of hydrogen-bond acceptors (Lipinski definition) is 4. The zero-order valence-electron chi connectivity index (χ0n) is 13.4. The first-order chi connectivity index (χ1) is 10.1. The van der Waals surface area contributed by atoms with Crippen molar-refractivity contribution >= 4 is 0 Å². The second-order valence-electron chi connectivity index (χ2n) is 6.06. The number of ether oxygens (including phenoxy) is 2. The van der Waals surface area contributed by atoms with Gasteiger partial charge in [0.25, 0.3) is 0 Å². The number of piperidine rings is 1. The van der Waals surface area contributed by atoms with Crippen LogP contribution in [0, 0.1) is 0 Å². The van der Waals surface area contributed by atoms with Gasteiger partial charge in [-0.05, 0) is 44.4 Å². The number of methoxy groups -OCH3 is 1. The highest BCUT2D eigenvalue weighted by molar-refractivity contribution is 5.28. The number of benzene rings is 1. The zero-order chi connectivity index (χ0) is 15.2. The lowest BCUT2D eigenvalue weighted by atomic mass is 9.98. The number of likely N-dealkylation sites (tertiary alicyclic amines) is 1. The molecule has 0 aromatic heterocycles. The van der Waals surface area contributed by atoms with E-state index in [9.17, 15) is 0 Å². The van der Waals surface area contributed by atoms with Crippen LogP contribution in [0.1, 0.15) is 32.3 Å². The van der Waals surface area contributed by atoms with Crippen LogP contribution in [-0.2, 0) is 11.3 Å². The predicted molar refractivity (Wildman–Crippen MR) is 85.5 cm³/mol. The Hall–Kier alpha value is -1.10. The van der Waals surface area contributed by atoms with Crippen LogP contribution in [-0.4, -0.2) is 43.3 Å². The Morgan fingerprint density at radius 1 is 1.38 bits per heavy atom. The zero-order valence-corrected chi connectivity index (χ0v) is 13.4. The second kappa shape index (κ2) is 7.78. The molecule has 1 aromatic rings. The lowest BCUT2D eigenvalue weighted by Gasteiger charge is -2.38. The third kappa shape index (κ3) is 4.70. The normalized spacial score (nSPS) is 23.5. The SMILES string of the molecule is COC1CCN(Cc2cccc(OC(C)C)c2)C(CN)C1. The molecule has 2 rings (SSSR count). The molecule has 2 atom stereocenters. The minimum absolute atomic E-state index is 0.203. The summed E-state index contributed by atoms with van der Waals surface area (Å²) in [5.41, 5.74) is 7.22. The van der Waals surface area contributed by atoms with E-state index < -0.39 is 0 Å². The van der Waals surface area contributed by atoms with Crippen molar-refractivity contribution in [2.75, 3.05) is 20.2 Å². The first-order valence-electron chi connectivity index (χ1n) is 7.85. The Balaban J connectivity index is 2.00. The van der Waals surface area contributed by atoms with Crippen LogP contribution in [0.15, 0.2) is 24.3 Å². The average molecular weight is 292 g/mol. The molecule has 0 bridgehead atoms. The fourth-order valence-corrected chi connectivity index (χ4v) is 2.95. The molecule has 1 fully saturated rings. The number of rotatable bonds is 6. The Kier molecular flexibility index (Phi) is 6.03. The van der Waals surface area contributed by atoms with Crippen LogP contribution >= 0.6 is 0 Å². The molecular weight excluding hydrogens is 264 g/mol. The van der Waals surface area contributed by atoms with Gasteiger partial charge in [0.2, 0.25) is 0 Å². The monoisotopic (exact) mass is 292 g/mol. The van der Waals surface area contributed by atoms with Crippen molar-refractivity contribution in [3.8, 4) is 5.75 Å². The van der Waals surface area contributed by atoms with Gasteiger partial charge < -0.3 is 15.2 Å². The van der Waals surface area contributed by atoms with Crippen molar-refractivity contribution in [1.29, 1.82) is 0 Å². The molecule has 118 valence electrons. The molecule has 1 aliphatic rings. The second-order valence-corrected chi connectivity index (χ2v) is 6.06. The van der Waals surface area contributed by atoms with Crippen molar-refractivity contribution < 1.29 is 9.47 Å². The molecule has 0 aliphatic carbocycles. The Morgan fingerprint density at radius 2 is 2.19 bits per heavy atom. The lowest BCUT2D eigenvalue weighted by molar-refractivity contribution is 0.0102. The summed E-state index contributed by atoms with van der Waals surface area (Å²) < 4.78 is 11.3. The van der Waals surface area contributed by atoms with Gasteiger partial charge in [-0.3, -0.25) is 4.90 Å². The highest BCUT2D eigenvalue weighted by atomic mass is 16.5. The van der Waals surface area contributed by atoms with Gasteiger partial charge in [0.15, 0.2) is 0 Å². The van der Waals surface area contributed by atoms with E-state index in [2.05, 4.69) is 23.1 Å². The van der Waals surface area contributed by atoms with Crippen molar-refractivity contribution in [2.24, 2.45) is 5.73 Å². The van der Waals surface area contributed by atoms with E-state index in [1.807, 2.05) is 19.9 Å². The summed E-state index contributed by atoms with van der Waals surface area (Å²) in [4.78, 5) is 2.46. The van der Waals surface area contributed by atoms with Gasteiger partial charge >= 0.3 is 0 Å². The molecule has 0 amide bonds. The predicted octanol–water partition coefficient (Wildman–Crippen LogP) is 2.41. The molecule has 4 heteroatoms. The Labute approximate surface area is 128 Å². The molecule has 1 heterocycles. The molecule has 0 saturated carbocycles. The first kappa shape index (κ1) is 16.3. The van der Waals surface area contributed by atoms with E-state index in [1.165, 1.54) is 5.56 Å². The molecule has 2 unspecified atom stereocenters. The van der Waals surface area contributed by atoms with Crippen LogP contribution in [0.3, 0.4) is 0 Å². The van der Waals surface area contributed by atoms with Gasteiger partial charge in [-0.1, -0.05) is 12.1 Å². The summed E-state index contributed by atoms with van der Waals surface area (Å²) >= 11 is 0. The first-order valence-corrected chi connectivity index (χ1v) is 7.85.